The summed E-state index contributed by atoms with van der Waals surface area (Å²) < 4.78 is 61.1. The highest BCUT2D eigenvalue weighted by Crippen LogP contribution is 2.36. The first-order valence-electron chi connectivity index (χ1n) is 11.7. The van der Waals surface area contributed by atoms with Crippen molar-refractivity contribution in [3.8, 4) is 17.6 Å². The first kappa shape index (κ1) is 27.9. The largest absolute Gasteiger partial charge is 0.449 e. The number of allylic oxidation sites excluding steroid dienone is 1. The number of nitriles is 1. The number of nitrogens with one attached hydrogen (secondary N) is 1. The number of halogens is 5. The molecule has 1 aliphatic rings. The molecular formula is C27H21ClF4N4O3. The Morgan fingerprint density at radius 2 is 1.85 bits per heavy atom. The molecule has 1 amide bonds. The van der Waals surface area contributed by atoms with Crippen LogP contribution in [0.2, 0.25) is 5.02 Å². The van der Waals surface area contributed by atoms with Crippen molar-refractivity contribution in [1.29, 1.82) is 5.26 Å². The zero-order valence-electron chi connectivity index (χ0n) is 20.6. The smallest absolute Gasteiger partial charge is 0.437 e. The molecule has 7 nitrogen and oxygen atoms in total. The van der Waals surface area contributed by atoms with Gasteiger partial charge in [0.2, 0.25) is 5.75 Å². The number of hydrogen-bond acceptors (Lipinski definition) is 5. The van der Waals surface area contributed by atoms with Gasteiger partial charge in [-0.2, -0.15) is 18.4 Å². The lowest BCUT2D eigenvalue weighted by Crippen LogP contribution is -2.38. The van der Waals surface area contributed by atoms with E-state index in [1.165, 1.54) is 36.4 Å². The van der Waals surface area contributed by atoms with Crippen LogP contribution in [0.15, 0.2) is 59.7 Å². The minimum atomic E-state index is -5.01. The van der Waals surface area contributed by atoms with E-state index in [-0.39, 0.29) is 40.4 Å². The molecule has 0 radical (unpaired) electrons. The van der Waals surface area contributed by atoms with E-state index in [0.717, 1.165) is 17.0 Å². The van der Waals surface area contributed by atoms with Crippen molar-refractivity contribution < 1.29 is 27.1 Å². The van der Waals surface area contributed by atoms with Gasteiger partial charge in [-0.3, -0.25) is 14.2 Å². The number of rotatable bonds is 5. The van der Waals surface area contributed by atoms with Crippen LogP contribution in [0.25, 0.3) is 5.57 Å². The highest BCUT2D eigenvalue weighted by molar-refractivity contribution is 6.30. The second-order valence-electron chi connectivity index (χ2n) is 9.14. The van der Waals surface area contributed by atoms with Crippen LogP contribution in [0.4, 0.5) is 17.6 Å². The summed E-state index contributed by atoms with van der Waals surface area (Å²) in [6.07, 6.45) is -2.61. The Kier molecular flexibility index (Phi) is 7.79. The normalized spacial score (nSPS) is 19.5. The van der Waals surface area contributed by atoms with Crippen molar-refractivity contribution in [3.63, 3.8) is 0 Å². The summed E-state index contributed by atoms with van der Waals surface area (Å²) in [6.45, 7) is 3.46. The molecule has 2 aromatic carbocycles. The predicted molar refractivity (Wildman–Crippen MR) is 134 cm³/mol. The summed E-state index contributed by atoms with van der Waals surface area (Å²) in [5.41, 5.74) is -1.95. The molecular weight excluding hydrogens is 540 g/mol. The maximum atomic E-state index is 13.8. The Balaban J connectivity index is 1.78. The summed E-state index contributed by atoms with van der Waals surface area (Å²) in [5.74, 6) is -2.98. The maximum absolute atomic E-state index is 13.8. The van der Waals surface area contributed by atoms with E-state index in [0.29, 0.717) is 5.56 Å². The van der Waals surface area contributed by atoms with E-state index in [1.807, 2.05) is 13.0 Å². The SMILES string of the molecule is CC1NC(=O)C(c2ccc(F)cc2)=CC(Cn2cnc(C(F)(F)F)c(Oc3cc(Cl)cc(C#N)c3)c2=O)C1C. The van der Waals surface area contributed by atoms with Crippen LogP contribution < -0.4 is 15.6 Å². The fraction of sp³-hybridized carbons (Fsp3) is 0.259. The number of amides is 1. The molecule has 1 aliphatic heterocycles. The van der Waals surface area contributed by atoms with Crippen molar-refractivity contribution in [2.24, 2.45) is 11.8 Å². The maximum Gasteiger partial charge on any atom is 0.437 e. The molecule has 3 unspecified atom stereocenters. The molecule has 1 N–H and O–H groups in total. The quantitative estimate of drug-likeness (QED) is 0.411. The molecule has 0 fully saturated rings. The lowest BCUT2D eigenvalue weighted by Gasteiger charge is -2.25. The van der Waals surface area contributed by atoms with Gasteiger partial charge in [-0.05, 0) is 48.7 Å². The minimum Gasteiger partial charge on any atom is -0.449 e. The Labute approximate surface area is 225 Å². The summed E-state index contributed by atoms with van der Waals surface area (Å²) in [7, 11) is 0. The van der Waals surface area contributed by atoms with Gasteiger partial charge in [0.1, 0.15) is 11.6 Å². The van der Waals surface area contributed by atoms with Crippen molar-refractivity contribution >= 4 is 23.1 Å². The molecule has 3 atom stereocenters. The molecule has 39 heavy (non-hydrogen) atoms. The monoisotopic (exact) mass is 560 g/mol. The van der Waals surface area contributed by atoms with Crippen molar-refractivity contribution in [2.75, 3.05) is 0 Å². The number of benzene rings is 2. The second kappa shape index (κ2) is 10.9. The zero-order chi connectivity index (χ0) is 28.5. The lowest BCUT2D eigenvalue weighted by atomic mass is 9.87. The minimum absolute atomic E-state index is 0.0205. The summed E-state index contributed by atoms with van der Waals surface area (Å²) in [5, 5.41) is 12.0. The third kappa shape index (κ3) is 6.12. The van der Waals surface area contributed by atoms with Gasteiger partial charge in [0.05, 0.1) is 18.0 Å². The number of aromatic nitrogens is 2. The van der Waals surface area contributed by atoms with Gasteiger partial charge < -0.3 is 10.1 Å². The molecule has 3 aromatic rings. The molecule has 0 bridgehead atoms. The van der Waals surface area contributed by atoms with Gasteiger partial charge in [0.15, 0.2) is 5.69 Å². The fourth-order valence-corrected chi connectivity index (χ4v) is 4.45. The summed E-state index contributed by atoms with van der Waals surface area (Å²) in [4.78, 5) is 29.7. The van der Waals surface area contributed by atoms with E-state index in [1.54, 1.807) is 13.0 Å². The predicted octanol–water partition coefficient (Wildman–Crippen LogP) is 5.57. The van der Waals surface area contributed by atoms with Crippen molar-refractivity contribution in [2.45, 2.75) is 32.6 Å². The number of nitrogens with zero attached hydrogens (tertiary/aromatic N) is 3. The van der Waals surface area contributed by atoms with Crippen molar-refractivity contribution in [3.05, 3.63) is 92.9 Å². The molecule has 4 rings (SSSR count). The molecule has 0 saturated heterocycles. The number of hydrogen-bond donors (Lipinski definition) is 1. The average Bonchev–Trinajstić information content (AvgIpc) is 2.97. The summed E-state index contributed by atoms with van der Waals surface area (Å²) >= 11 is 5.94. The first-order chi connectivity index (χ1) is 18.4. The van der Waals surface area contributed by atoms with E-state index in [9.17, 15) is 27.2 Å². The van der Waals surface area contributed by atoms with Crippen LogP contribution in [0.3, 0.4) is 0 Å². The molecule has 1 aromatic heterocycles. The Morgan fingerprint density at radius 1 is 1.15 bits per heavy atom. The fourth-order valence-electron chi connectivity index (χ4n) is 4.23. The molecule has 12 heteroatoms. The first-order valence-corrected chi connectivity index (χ1v) is 12.1. The van der Waals surface area contributed by atoms with Crippen LogP contribution in [0.1, 0.15) is 30.7 Å². The topological polar surface area (TPSA) is 97.0 Å². The van der Waals surface area contributed by atoms with Gasteiger partial charge in [0, 0.05) is 29.1 Å². The summed E-state index contributed by atoms with van der Waals surface area (Å²) in [6, 6.07) is 10.3. The Hall–Kier alpha value is -4.17. The molecule has 0 saturated carbocycles. The van der Waals surface area contributed by atoms with Crippen LogP contribution in [0, 0.1) is 29.0 Å². The van der Waals surface area contributed by atoms with Crippen molar-refractivity contribution in [1.82, 2.24) is 14.9 Å². The highest BCUT2D eigenvalue weighted by Gasteiger charge is 2.39. The molecule has 2 heterocycles. The van der Waals surface area contributed by atoms with Gasteiger partial charge in [-0.1, -0.05) is 36.7 Å². The molecule has 202 valence electrons. The van der Waals surface area contributed by atoms with E-state index in [2.05, 4.69) is 10.3 Å². The average molecular weight is 561 g/mol. The van der Waals surface area contributed by atoms with Crippen LogP contribution in [-0.2, 0) is 17.5 Å². The van der Waals surface area contributed by atoms with Gasteiger partial charge in [0.25, 0.3) is 11.5 Å². The standard InChI is InChI=1S/C27H21ClF4N4O3/c1-14-15(2)35-25(37)22(17-3-5-20(29)6-4-17)9-18(14)12-36-13-34-24(27(30,31)32)23(26(36)38)39-21-8-16(11-33)7-19(28)10-21/h3-10,13-15,18H,12H2,1-2H3,(H,35,37). The van der Waals surface area contributed by atoms with Crippen LogP contribution in [0.5, 0.6) is 11.5 Å². The Bertz CT molecular complexity index is 1540. The number of carbonyl (C=O) groups excluding carboxylic acids is 1. The third-order valence-corrected chi connectivity index (χ3v) is 6.71. The number of carbonyl (C=O) groups is 1. The number of alkyl halides is 3. The van der Waals surface area contributed by atoms with E-state index in [4.69, 9.17) is 21.6 Å². The lowest BCUT2D eigenvalue weighted by molar-refractivity contribution is -0.142. The second-order valence-corrected chi connectivity index (χ2v) is 9.58. The zero-order valence-corrected chi connectivity index (χ0v) is 21.3. The van der Waals surface area contributed by atoms with Crippen LogP contribution >= 0.6 is 11.6 Å². The molecule has 0 spiro atoms. The molecule has 0 aliphatic carbocycles. The van der Waals surface area contributed by atoms with Gasteiger partial charge >= 0.3 is 6.18 Å². The van der Waals surface area contributed by atoms with Gasteiger partial charge in [-0.25, -0.2) is 9.37 Å². The van der Waals surface area contributed by atoms with Gasteiger partial charge in [-0.15, -0.1) is 0 Å². The van der Waals surface area contributed by atoms with Crippen LogP contribution in [-0.4, -0.2) is 21.5 Å². The highest BCUT2D eigenvalue weighted by atomic mass is 35.5. The Morgan fingerprint density at radius 3 is 2.49 bits per heavy atom. The number of ether oxygens (including phenoxy) is 1. The third-order valence-electron chi connectivity index (χ3n) is 6.50. The van der Waals surface area contributed by atoms with E-state index >= 15 is 0 Å². The van der Waals surface area contributed by atoms with E-state index < -0.39 is 40.8 Å².